The molecule has 0 aliphatic rings. The normalized spacial score (nSPS) is 11.3. The van der Waals surface area contributed by atoms with E-state index in [0.29, 0.717) is 19.4 Å². The molecule has 2 heterocycles. The molecule has 2 aromatic carbocycles. The molecule has 0 N–H and O–H groups in total. The molecule has 0 unspecified atom stereocenters. The monoisotopic (exact) mass is 386 g/mol. The van der Waals surface area contributed by atoms with Crippen LogP contribution in [0.15, 0.2) is 48.5 Å². The van der Waals surface area contributed by atoms with Crippen LogP contribution in [-0.4, -0.2) is 27.0 Å². The average molecular weight is 386 g/mol. The first-order valence-corrected chi connectivity index (χ1v) is 10.1. The van der Waals surface area contributed by atoms with E-state index in [4.69, 9.17) is 0 Å². The summed E-state index contributed by atoms with van der Waals surface area (Å²) in [5, 5.41) is 6.85. The molecule has 5 nitrogen and oxygen atoms in total. The van der Waals surface area contributed by atoms with Gasteiger partial charge in [0, 0.05) is 36.1 Å². The van der Waals surface area contributed by atoms with Crippen molar-refractivity contribution < 1.29 is 4.79 Å². The second-order valence-electron chi connectivity index (χ2n) is 7.49. The van der Waals surface area contributed by atoms with Crippen molar-refractivity contribution in [1.29, 1.82) is 0 Å². The summed E-state index contributed by atoms with van der Waals surface area (Å²) in [6, 6.07) is 16.4. The predicted octanol–water partition coefficient (Wildman–Crippen LogP) is 4.79. The van der Waals surface area contributed by atoms with Crippen LogP contribution < -0.4 is 4.90 Å². The fourth-order valence-corrected chi connectivity index (χ4v) is 4.02. The van der Waals surface area contributed by atoms with Crippen LogP contribution in [-0.2, 0) is 11.2 Å². The molecule has 0 spiro atoms. The summed E-state index contributed by atoms with van der Waals surface area (Å²) in [5.41, 5.74) is 5.88. The van der Waals surface area contributed by atoms with E-state index in [1.807, 2.05) is 54.5 Å². The minimum atomic E-state index is 0.123. The van der Waals surface area contributed by atoms with Crippen LogP contribution in [0.4, 0.5) is 5.69 Å². The maximum Gasteiger partial charge on any atom is 0.227 e. The molecule has 0 atom stereocenters. The van der Waals surface area contributed by atoms with E-state index in [9.17, 15) is 4.79 Å². The van der Waals surface area contributed by atoms with Gasteiger partial charge in [0.15, 0.2) is 5.65 Å². The highest BCUT2D eigenvalue weighted by Crippen LogP contribution is 2.24. The Morgan fingerprint density at radius 2 is 1.79 bits per heavy atom. The van der Waals surface area contributed by atoms with Crippen LogP contribution in [0.25, 0.3) is 16.4 Å². The summed E-state index contributed by atoms with van der Waals surface area (Å²) in [6.45, 7) is 8.69. The third-order valence-electron chi connectivity index (χ3n) is 5.54. The Morgan fingerprint density at radius 3 is 2.55 bits per heavy atom. The Balaban J connectivity index is 1.57. The molecule has 0 fully saturated rings. The molecule has 1 amide bonds. The van der Waals surface area contributed by atoms with Gasteiger partial charge in [-0.1, -0.05) is 30.3 Å². The highest BCUT2D eigenvalue weighted by atomic mass is 16.2. The van der Waals surface area contributed by atoms with Crippen LogP contribution in [0.1, 0.15) is 36.0 Å². The van der Waals surface area contributed by atoms with Gasteiger partial charge in [-0.25, -0.2) is 9.50 Å². The number of rotatable bonds is 5. The number of hydrogen-bond acceptors (Lipinski definition) is 3. The number of carbonyl (C=O) groups excluding carboxylic acids is 1. The first-order valence-electron chi connectivity index (χ1n) is 10.1. The Labute approximate surface area is 171 Å². The van der Waals surface area contributed by atoms with Gasteiger partial charge in [-0.05, 0) is 62.6 Å². The summed E-state index contributed by atoms with van der Waals surface area (Å²) in [6.07, 6.45) is 1.10. The number of anilines is 1. The first-order chi connectivity index (χ1) is 14.0. The molecule has 0 saturated heterocycles. The zero-order valence-electron chi connectivity index (χ0n) is 17.4. The molecule has 0 radical (unpaired) electrons. The van der Waals surface area contributed by atoms with Crippen molar-refractivity contribution in [2.75, 3.05) is 11.4 Å². The number of fused-ring (bicyclic) bond motifs is 2. The Bertz CT molecular complexity index is 1210. The smallest absolute Gasteiger partial charge is 0.227 e. The van der Waals surface area contributed by atoms with Crippen molar-refractivity contribution in [3.05, 3.63) is 71.2 Å². The highest BCUT2D eigenvalue weighted by Gasteiger charge is 2.17. The van der Waals surface area contributed by atoms with Gasteiger partial charge >= 0.3 is 0 Å². The Kier molecular flexibility index (Phi) is 5.05. The van der Waals surface area contributed by atoms with E-state index in [-0.39, 0.29) is 5.91 Å². The van der Waals surface area contributed by atoms with Crippen molar-refractivity contribution in [2.24, 2.45) is 0 Å². The minimum absolute atomic E-state index is 0.123. The summed E-state index contributed by atoms with van der Waals surface area (Å²) in [7, 11) is 0. The van der Waals surface area contributed by atoms with E-state index in [0.717, 1.165) is 39.4 Å². The fourth-order valence-electron chi connectivity index (χ4n) is 4.02. The Hall–Kier alpha value is -3.21. The van der Waals surface area contributed by atoms with Gasteiger partial charge < -0.3 is 4.90 Å². The van der Waals surface area contributed by atoms with Crippen LogP contribution in [0, 0.1) is 20.8 Å². The topological polar surface area (TPSA) is 50.5 Å². The zero-order valence-corrected chi connectivity index (χ0v) is 17.4. The van der Waals surface area contributed by atoms with Gasteiger partial charge in [-0.15, -0.1) is 0 Å². The highest BCUT2D eigenvalue weighted by molar-refractivity contribution is 5.96. The van der Waals surface area contributed by atoms with Crippen LogP contribution in [0.5, 0.6) is 0 Å². The number of carbonyl (C=O) groups is 1. The van der Waals surface area contributed by atoms with Crippen molar-refractivity contribution in [3.63, 3.8) is 0 Å². The van der Waals surface area contributed by atoms with Gasteiger partial charge in [0.25, 0.3) is 0 Å². The number of benzene rings is 2. The van der Waals surface area contributed by atoms with Gasteiger partial charge in [-0.3, -0.25) is 4.79 Å². The van der Waals surface area contributed by atoms with Gasteiger partial charge in [0.05, 0.1) is 5.69 Å². The number of aryl methyl sites for hydroxylation is 3. The molecule has 0 aliphatic heterocycles. The first kappa shape index (κ1) is 19.1. The second-order valence-corrected chi connectivity index (χ2v) is 7.49. The van der Waals surface area contributed by atoms with E-state index in [1.165, 1.54) is 5.39 Å². The van der Waals surface area contributed by atoms with Crippen LogP contribution in [0.2, 0.25) is 0 Å². The number of amides is 1. The lowest BCUT2D eigenvalue weighted by Crippen LogP contribution is -2.31. The van der Waals surface area contributed by atoms with Crippen molar-refractivity contribution >= 4 is 28.0 Å². The maximum absolute atomic E-state index is 13.1. The Morgan fingerprint density at radius 1 is 1.03 bits per heavy atom. The molecule has 0 aliphatic carbocycles. The second kappa shape index (κ2) is 7.66. The molecular formula is C24H26N4O. The van der Waals surface area contributed by atoms with E-state index < -0.39 is 0 Å². The standard InChI is InChI=1S/C24H26N4O/c1-5-27(21-11-10-19-8-6-7-9-20(19)15-21)24(29)13-12-22-17(3)25-23-14-16(2)26-28(23)18(22)4/h6-11,14-15H,5,12-13H2,1-4H3. The van der Waals surface area contributed by atoms with Gasteiger partial charge in [0.1, 0.15) is 0 Å². The molecule has 4 aromatic rings. The third-order valence-corrected chi connectivity index (χ3v) is 5.54. The van der Waals surface area contributed by atoms with Crippen LogP contribution >= 0.6 is 0 Å². The molecule has 148 valence electrons. The predicted molar refractivity (Wildman–Crippen MR) is 117 cm³/mol. The van der Waals surface area contributed by atoms with Crippen molar-refractivity contribution in [2.45, 2.75) is 40.5 Å². The van der Waals surface area contributed by atoms with Crippen molar-refractivity contribution in [1.82, 2.24) is 14.6 Å². The third kappa shape index (κ3) is 3.60. The number of aromatic nitrogens is 3. The van der Waals surface area contributed by atoms with E-state index >= 15 is 0 Å². The molecule has 29 heavy (non-hydrogen) atoms. The fraction of sp³-hybridized carbons (Fsp3) is 0.292. The molecule has 2 aromatic heterocycles. The van der Waals surface area contributed by atoms with Gasteiger partial charge in [-0.2, -0.15) is 5.10 Å². The minimum Gasteiger partial charge on any atom is -0.313 e. The summed E-state index contributed by atoms with van der Waals surface area (Å²) < 4.78 is 1.88. The molecule has 0 saturated carbocycles. The lowest BCUT2D eigenvalue weighted by molar-refractivity contribution is -0.118. The van der Waals surface area contributed by atoms with Crippen molar-refractivity contribution in [3.8, 4) is 0 Å². The molecule has 0 bridgehead atoms. The summed E-state index contributed by atoms with van der Waals surface area (Å²) in [4.78, 5) is 19.6. The maximum atomic E-state index is 13.1. The molecular weight excluding hydrogens is 360 g/mol. The SMILES string of the molecule is CCN(C(=O)CCc1c(C)nc2cc(C)nn2c1C)c1ccc2ccccc2c1. The molecule has 4 rings (SSSR count). The van der Waals surface area contributed by atoms with E-state index in [1.54, 1.807) is 0 Å². The van der Waals surface area contributed by atoms with E-state index in [2.05, 4.69) is 41.3 Å². The zero-order chi connectivity index (χ0) is 20.5. The number of nitrogens with zero attached hydrogens (tertiary/aromatic N) is 4. The largest absolute Gasteiger partial charge is 0.313 e. The summed E-state index contributed by atoms with van der Waals surface area (Å²) >= 11 is 0. The number of hydrogen-bond donors (Lipinski definition) is 0. The van der Waals surface area contributed by atoms with Gasteiger partial charge in [0.2, 0.25) is 5.91 Å². The lowest BCUT2D eigenvalue weighted by Gasteiger charge is -2.22. The van der Waals surface area contributed by atoms with Crippen LogP contribution in [0.3, 0.4) is 0 Å². The molecule has 5 heteroatoms. The lowest BCUT2D eigenvalue weighted by atomic mass is 10.1. The quantitative estimate of drug-likeness (QED) is 0.495. The summed E-state index contributed by atoms with van der Waals surface area (Å²) in [5.74, 6) is 0.123. The average Bonchev–Trinajstić information content (AvgIpc) is 3.08.